The lowest BCUT2D eigenvalue weighted by atomic mass is 9.95. The predicted molar refractivity (Wildman–Crippen MR) is 139 cm³/mol. The summed E-state index contributed by atoms with van der Waals surface area (Å²) in [6.07, 6.45) is 6.21. The first kappa shape index (κ1) is 24.3. The maximum absolute atomic E-state index is 13.9. The normalized spacial score (nSPS) is 23.3. The molecule has 0 bridgehead atoms. The number of amides is 4. The average Bonchev–Trinajstić information content (AvgIpc) is 3.47. The van der Waals surface area contributed by atoms with Crippen LogP contribution in [-0.2, 0) is 15.1 Å². The Hall–Kier alpha value is -3.77. The molecule has 4 amide bonds. The number of imide groups is 2. The summed E-state index contributed by atoms with van der Waals surface area (Å²) in [5.74, 6) is -1.48. The van der Waals surface area contributed by atoms with E-state index in [0.717, 1.165) is 43.4 Å². The Morgan fingerprint density at radius 1 is 1.03 bits per heavy atom. The second-order valence-electron chi connectivity index (χ2n) is 10.8. The molecular weight excluding hydrogens is 518 g/mol. The van der Waals surface area contributed by atoms with Crippen molar-refractivity contribution < 1.29 is 19.2 Å². The van der Waals surface area contributed by atoms with Crippen LogP contribution in [0.15, 0.2) is 35.7 Å². The SMILES string of the molecule is O=C1CCC(N2C(=O)c3cccc(C(NC4(c5cccs5)CC4)c4nnnn4C4CCCC4)c3C2=O)C(=O)N1. The number of aromatic nitrogens is 4. The molecule has 0 spiro atoms. The number of hydrogen-bond donors (Lipinski definition) is 2. The van der Waals surface area contributed by atoms with Gasteiger partial charge in [-0.2, -0.15) is 0 Å². The summed E-state index contributed by atoms with van der Waals surface area (Å²) in [4.78, 5) is 54.0. The average molecular weight is 546 g/mol. The minimum absolute atomic E-state index is 0.0698. The number of carbonyl (C=O) groups excluding carboxylic acids is 4. The number of rotatable bonds is 7. The van der Waals surface area contributed by atoms with Crippen molar-refractivity contribution in [3.8, 4) is 0 Å². The summed E-state index contributed by atoms with van der Waals surface area (Å²) < 4.78 is 1.88. The van der Waals surface area contributed by atoms with E-state index in [0.29, 0.717) is 11.4 Å². The third kappa shape index (κ3) is 3.92. The van der Waals surface area contributed by atoms with Gasteiger partial charge in [-0.25, -0.2) is 4.68 Å². The lowest BCUT2D eigenvalue weighted by molar-refractivity contribution is -0.136. The number of nitrogens with zero attached hydrogens (tertiary/aromatic N) is 5. The number of carbonyl (C=O) groups is 4. The molecule has 7 rings (SSSR count). The summed E-state index contributed by atoms with van der Waals surface area (Å²) in [6.45, 7) is 0. The molecule has 2 aliphatic heterocycles. The summed E-state index contributed by atoms with van der Waals surface area (Å²) in [5, 5.41) is 21.0. The van der Waals surface area contributed by atoms with Gasteiger partial charge in [0.2, 0.25) is 11.8 Å². The Balaban J connectivity index is 1.32. The fourth-order valence-electron chi connectivity index (χ4n) is 6.28. The standard InChI is InChI=1S/C27H27N7O4S/c35-20-11-10-18(24(36)28-20)33-25(37)17-8-3-7-16(21(17)26(33)38)22(29-27(12-13-27)19-9-4-14-39-19)23-30-31-32-34(23)15-5-1-2-6-15/h3-4,7-9,14-15,18,22,29H,1-2,5-6,10-13H2,(H,28,35,36). The molecule has 2 unspecified atom stereocenters. The van der Waals surface area contributed by atoms with Crippen molar-refractivity contribution in [2.75, 3.05) is 0 Å². The highest BCUT2D eigenvalue weighted by atomic mass is 32.1. The maximum Gasteiger partial charge on any atom is 0.262 e. The van der Waals surface area contributed by atoms with Crippen LogP contribution in [0.25, 0.3) is 0 Å². The Labute approximate surface area is 227 Å². The smallest absolute Gasteiger partial charge is 0.262 e. The molecule has 2 saturated carbocycles. The molecule has 12 heteroatoms. The second-order valence-corrected chi connectivity index (χ2v) is 11.7. The van der Waals surface area contributed by atoms with E-state index >= 15 is 0 Å². The Bertz CT molecular complexity index is 1490. The van der Waals surface area contributed by atoms with Gasteiger partial charge in [0.05, 0.1) is 28.7 Å². The second kappa shape index (κ2) is 9.16. The van der Waals surface area contributed by atoms with Crippen LogP contribution in [0, 0.1) is 0 Å². The fourth-order valence-corrected chi connectivity index (χ4v) is 7.23. The van der Waals surface area contributed by atoms with Crippen LogP contribution in [0.3, 0.4) is 0 Å². The van der Waals surface area contributed by atoms with Gasteiger partial charge >= 0.3 is 0 Å². The largest absolute Gasteiger partial charge is 0.295 e. The molecule has 11 nitrogen and oxygen atoms in total. The van der Waals surface area contributed by atoms with Crippen molar-refractivity contribution in [2.45, 2.75) is 75.0 Å². The maximum atomic E-state index is 13.9. The molecular formula is C27H27N7O4S. The molecule has 3 fully saturated rings. The first-order valence-electron chi connectivity index (χ1n) is 13.4. The first-order chi connectivity index (χ1) is 19.0. The van der Waals surface area contributed by atoms with E-state index in [1.165, 1.54) is 4.88 Å². The van der Waals surface area contributed by atoms with E-state index in [4.69, 9.17) is 0 Å². The molecule has 4 aliphatic rings. The third-order valence-corrected chi connectivity index (χ3v) is 9.50. The van der Waals surface area contributed by atoms with Gasteiger partial charge in [-0.05, 0) is 65.6 Å². The summed E-state index contributed by atoms with van der Waals surface area (Å²) in [6, 6.07) is 7.94. The molecule has 200 valence electrons. The molecule has 2 atom stereocenters. The molecule has 1 aromatic carbocycles. The fraction of sp³-hybridized carbons (Fsp3) is 0.444. The first-order valence-corrected chi connectivity index (χ1v) is 14.3. The van der Waals surface area contributed by atoms with Gasteiger partial charge < -0.3 is 0 Å². The van der Waals surface area contributed by atoms with Crippen LogP contribution < -0.4 is 10.6 Å². The number of nitrogens with one attached hydrogen (secondary N) is 2. The molecule has 2 aliphatic carbocycles. The van der Waals surface area contributed by atoms with Crippen LogP contribution in [0.1, 0.15) is 100 Å². The number of thiophene rings is 1. The number of fused-ring (bicyclic) bond motifs is 1. The molecule has 1 saturated heterocycles. The minimum Gasteiger partial charge on any atom is -0.295 e. The Morgan fingerprint density at radius 2 is 1.85 bits per heavy atom. The lowest BCUT2D eigenvalue weighted by Crippen LogP contribution is -2.54. The van der Waals surface area contributed by atoms with Crippen molar-refractivity contribution >= 4 is 35.0 Å². The number of tetrazole rings is 1. The van der Waals surface area contributed by atoms with Gasteiger partial charge in [0, 0.05) is 11.3 Å². The highest BCUT2D eigenvalue weighted by Gasteiger charge is 2.50. The quantitative estimate of drug-likeness (QED) is 0.432. The van der Waals surface area contributed by atoms with Gasteiger partial charge in [-0.15, -0.1) is 16.4 Å². The monoisotopic (exact) mass is 545 g/mol. The van der Waals surface area contributed by atoms with Gasteiger partial charge in [0.25, 0.3) is 11.8 Å². The van der Waals surface area contributed by atoms with Crippen LogP contribution >= 0.6 is 11.3 Å². The Kier molecular flexibility index (Phi) is 5.70. The van der Waals surface area contributed by atoms with E-state index < -0.39 is 35.7 Å². The van der Waals surface area contributed by atoms with Crippen LogP contribution in [0.5, 0.6) is 0 Å². The molecule has 0 radical (unpaired) electrons. The van der Waals surface area contributed by atoms with Crippen LogP contribution in [0.2, 0.25) is 0 Å². The van der Waals surface area contributed by atoms with Crippen LogP contribution in [-0.4, -0.2) is 54.8 Å². The van der Waals surface area contributed by atoms with E-state index in [2.05, 4.69) is 37.6 Å². The van der Waals surface area contributed by atoms with Crippen molar-refractivity contribution in [3.05, 3.63) is 63.1 Å². The summed E-state index contributed by atoms with van der Waals surface area (Å²) >= 11 is 1.68. The van der Waals surface area contributed by atoms with Crippen molar-refractivity contribution in [1.82, 2.24) is 35.7 Å². The highest BCUT2D eigenvalue weighted by Crippen LogP contribution is 2.50. The molecule has 39 heavy (non-hydrogen) atoms. The van der Waals surface area contributed by atoms with Gasteiger partial charge in [-0.3, -0.25) is 34.7 Å². The summed E-state index contributed by atoms with van der Waals surface area (Å²) in [5.41, 5.74) is 0.836. The highest BCUT2D eigenvalue weighted by molar-refractivity contribution is 7.10. The number of hydrogen-bond acceptors (Lipinski definition) is 9. The van der Waals surface area contributed by atoms with Gasteiger partial charge in [0.1, 0.15) is 6.04 Å². The van der Waals surface area contributed by atoms with E-state index in [-0.39, 0.29) is 35.5 Å². The van der Waals surface area contributed by atoms with Crippen molar-refractivity contribution in [3.63, 3.8) is 0 Å². The zero-order valence-corrected chi connectivity index (χ0v) is 21.9. The zero-order chi connectivity index (χ0) is 26.7. The van der Waals surface area contributed by atoms with Gasteiger partial charge in [0.15, 0.2) is 5.82 Å². The minimum atomic E-state index is -1.03. The molecule has 2 aromatic heterocycles. The predicted octanol–water partition coefficient (Wildman–Crippen LogP) is 2.62. The molecule has 3 aromatic rings. The van der Waals surface area contributed by atoms with Gasteiger partial charge in [-0.1, -0.05) is 31.0 Å². The summed E-state index contributed by atoms with van der Waals surface area (Å²) in [7, 11) is 0. The Morgan fingerprint density at radius 3 is 2.56 bits per heavy atom. The van der Waals surface area contributed by atoms with Crippen molar-refractivity contribution in [2.24, 2.45) is 0 Å². The van der Waals surface area contributed by atoms with E-state index in [9.17, 15) is 19.2 Å². The molecule has 2 N–H and O–H groups in total. The number of benzene rings is 1. The zero-order valence-electron chi connectivity index (χ0n) is 21.1. The van der Waals surface area contributed by atoms with Crippen molar-refractivity contribution in [1.29, 1.82) is 0 Å². The van der Waals surface area contributed by atoms with E-state index in [1.807, 2.05) is 16.8 Å². The molecule has 4 heterocycles. The van der Waals surface area contributed by atoms with E-state index in [1.54, 1.807) is 23.5 Å². The number of piperidine rings is 1. The van der Waals surface area contributed by atoms with Crippen LogP contribution in [0.4, 0.5) is 0 Å². The third-order valence-electron chi connectivity index (χ3n) is 8.42. The lowest BCUT2D eigenvalue weighted by Gasteiger charge is -2.28. The topological polar surface area (TPSA) is 139 Å².